The fourth-order valence-electron chi connectivity index (χ4n) is 2.34. The zero-order valence-electron chi connectivity index (χ0n) is 11.9. The van der Waals surface area contributed by atoms with E-state index in [2.05, 4.69) is 10.2 Å². The van der Waals surface area contributed by atoms with E-state index in [1.807, 2.05) is 12.1 Å². The molecule has 0 aromatic heterocycles. The molecule has 5 nitrogen and oxygen atoms in total. The quantitative estimate of drug-likeness (QED) is 0.899. The van der Waals surface area contributed by atoms with Crippen molar-refractivity contribution in [2.24, 2.45) is 0 Å². The molecule has 1 amide bonds. The van der Waals surface area contributed by atoms with Crippen LogP contribution in [0.25, 0.3) is 0 Å². The van der Waals surface area contributed by atoms with Crippen molar-refractivity contribution in [2.75, 3.05) is 38.7 Å². The maximum atomic E-state index is 11.7. The Hall–Kier alpha value is -1.75. The van der Waals surface area contributed by atoms with Crippen LogP contribution in [0.1, 0.15) is 19.3 Å². The van der Waals surface area contributed by atoms with Crippen molar-refractivity contribution in [1.82, 2.24) is 4.90 Å². The van der Waals surface area contributed by atoms with Crippen LogP contribution in [0.3, 0.4) is 0 Å². The van der Waals surface area contributed by atoms with Gasteiger partial charge >= 0.3 is 6.09 Å². The van der Waals surface area contributed by atoms with Crippen molar-refractivity contribution in [2.45, 2.75) is 19.3 Å². The van der Waals surface area contributed by atoms with E-state index >= 15 is 0 Å². The average Bonchev–Trinajstić information content (AvgIpc) is 2.49. The fraction of sp³-hybridized carbons (Fsp3) is 0.533. The molecule has 1 N–H and O–H groups in total. The Morgan fingerprint density at radius 1 is 1.25 bits per heavy atom. The minimum Gasteiger partial charge on any atom is -0.495 e. The van der Waals surface area contributed by atoms with Gasteiger partial charge in [-0.15, -0.1) is 0 Å². The summed E-state index contributed by atoms with van der Waals surface area (Å²) < 4.78 is 10.4. The number of hydrogen-bond donors (Lipinski definition) is 1. The molecule has 0 atom stereocenters. The molecule has 1 aliphatic heterocycles. The van der Waals surface area contributed by atoms with Crippen molar-refractivity contribution in [3.8, 4) is 5.75 Å². The lowest BCUT2D eigenvalue weighted by molar-refractivity contribution is 0.131. The van der Waals surface area contributed by atoms with Gasteiger partial charge in [0.2, 0.25) is 0 Å². The van der Waals surface area contributed by atoms with Gasteiger partial charge in [0.25, 0.3) is 0 Å². The maximum absolute atomic E-state index is 11.7. The normalized spacial score (nSPS) is 15.7. The molecule has 5 heteroatoms. The summed E-state index contributed by atoms with van der Waals surface area (Å²) in [5, 5.41) is 2.69. The van der Waals surface area contributed by atoms with Crippen LogP contribution in [0, 0.1) is 0 Å². The summed E-state index contributed by atoms with van der Waals surface area (Å²) in [6, 6.07) is 7.27. The first-order chi connectivity index (χ1) is 9.79. The van der Waals surface area contributed by atoms with E-state index in [0.717, 1.165) is 19.6 Å². The average molecular weight is 278 g/mol. The lowest BCUT2D eigenvalue weighted by atomic mass is 10.1. The molecule has 2 rings (SSSR count). The van der Waals surface area contributed by atoms with Crippen LogP contribution >= 0.6 is 0 Å². The van der Waals surface area contributed by atoms with Crippen molar-refractivity contribution < 1.29 is 14.3 Å². The minimum atomic E-state index is -0.438. The first-order valence-electron chi connectivity index (χ1n) is 7.09. The summed E-state index contributed by atoms with van der Waals surface area (Å²) in [5.74, 6) is 0.625. The van der Waals surface area contributed by atoms with Crippen LogP contribution in [-0.4, -0.2) is 44.3 Å². The Bertz CT molecular complexity index is 431. The van der Waals surface area contributed by atoms with E-state index in [0.29, 0.717) is 18.0 Å². The summed E-state index contributed by atoms with van der Waals surface area (Å²) in [6.45, 7) is 3.44. The van der Waals surface area contributed by atoms with E-state index in [-0.39, 0.29) is 0 Å². The number of likely N-dealkylation sites (tertiary alicyclic amines) is 1. The van der Waals surface area contributed by atoms with Gasteiger partial charge in [-0.2, -0.15) is 0 Å². The van der Waals surface area contributed by atoms with Gasteiger partial charge in [-0.25, -0.2) is 4.79 Å². The number of nitrogens with one attached hydrogen (secondary N) is 1. The van der Waals surface area contributed by atoms with Crippen LogP contribution in [0.5, 0.6) is 5.75 Å². The lowest BCUT2D eigenvalue weighted by Crippen LogP contribution is -2.33. The molecule has 0 radical (unpaired) electrons. The van der Waals surface area contributed by atoms with Gasteiger partial charge in [0, 0.05) is 6.54 Å². The van der Waals surface area contributed by atoms with Crippen molar-refractivity contribution in [1.29, 1.82) is 0 Å². The zero-order chi connectivity index (χ0) is 14.2. The third-order valence-corrected chi connectivity index (χ3v) is 3.43. The Kier molecular flexibility index (Phi) is 5.68. The first-order valence-corrected chi connectivity index (χ1v) is 7.09. The predicted molar refractivity (Wildman–Crippen MR) is 78.3 cm³/mol. The number of hydrogen-bond acceptors (Lipinski definition) is 4. The molecule has 1 aromatic rings. The fourth-order valence-corrected chi connectivity index (χ4v) is 2.34. The van der Waals surface area contributed by atoms with Gasteiger partial charge in [-0.3, -0.25) is 10.2 Å². The Labute approximate surface area is 119 Å². The summed E-state index contributed by atoms with van der Waals surface area (Å²) in [5.41, 5.74) is 0.623. The number of carbonyl (C=O) groups excluding carboxylic acids is 1. The third kappa shape index (κ3) is 4.42. The highest BCUT2D eigenvalue weighted by molar-refractivity contribution is 5.86. The highest BCUT2D eigenvalue weighted by atomic mass is 16.5. The molecule has 0 saturated carbocycles. The van der Waals surface area contributed by atoms with E-state index in [1.165, 1.54) is 19.3 Å². The first kappa shape index (κ1) is 14.7. The predicted octanol–water partition coefficient (Wildman–Crippen LogP) is 2.73. The summed E-state index contributed by atoms with van der Waals surface area (Å²) >= 11 is 0. The molecule has 20 heavy (non-hydrogen) atoms. The molecule has 1 saturated heterocycles. The van der Waals surface area contributed by atoms with E-state index in [4.69, 9.17) is 9.47 Å². The van der Waals surface area contributed by atoms with Crippen LogP contribution in [-0.2, 0) is 4.74 Å². The van der Waals surface area contributed by atoms with Gasteiger partial charge in [-0.05, 0) is 38.1 Å². The number of nitrogens with zero attached hydrogens (tertiary/aromatic N) is 1. The number of methoxy groups -OCH3 is 1. The number of benzene rings is 1. The highest BCUT2D eigenvalue weighted by Crippen LogP contribution is 2.22. The summed E-state index contributed by atoms with van der Waals surface area (Å²) in [6.07, 6.45) is 3.36. The molecule has 0 bridgehead atoms. The van der Waals surface area contributed by atoms with Gasteiger partial charge in [0.1, 0.15) is 12.4 Å². The number of rotatable bonds is 5. The molecular weight excluding hydrogens is 256 g/mol. The second-order valence-corrected chi connectivity index (χ2v) is 4.86. The Balaban J connectivity index is 1.72. The molecule has 0 spiro atoms. The number of amides is 1. The Morgan fingerprint density at radius 2 is 2.00 bits per heavy atom. The molecule has 0 aliphatic carbocycles. The molecule has 1 aliphatic rings. The molecule has 0 unspecified atom stereocenters. The molecule has 1 fully saturated rings. The van der Waals surface area contributed by atoms with E-state index in [9.17, 15) is 4.79 Å². The zero-order valence-corrected chi connectivity index (χ0v) is 11.9. The molecular formula is C15H22N2O3. The van der Waals surface area contributed by atoms with Crippen LogP contribution < -0.4 is 10.1 Å². The Morgan fingerprint density at radius 3 is 2.75 bits per heavy atom. The SMILES string of the molecule is COc1ccccc1NC(=O)OCCN1CCCCC1. The largest absolute Gasteiger partial charge is 0.495 e. The number of ether oxygens (including phenoxy) is 2. The van der Waals surface area contributed by atoms with Gasteiger partial charge < -0.3 is 9.47 Å². The topological polar surface area (TPSA) is 50.8 Å². The molecule has 1 aromatic carbocycles. The van der Waals surface area contributed by atoms with Crippen molar-refractivity contribution >= 4 is 11.8 Å². The van der Waals surface area contributed by atoms with Gasteiger partial charge in [-0.1, -0.05) is 18.6 Å². The van der Waals surface area contributed by atoms with E-state index < -0.39 is 6.09 Å². The third-order valence-electron chi connectivity index (χ3n) is 3.43. The molecule has 1 heterocycles. The van der Waals surface area contributed by atoms with Crippen LogP contribution in [0.2, 0.25) is 0 Å². The minimum absolute atomic E-state index is 0.418. The summed E-state index contributed by atoms with van der Waals surface area (Å²) in [4.78, 5) is 14.0. The van der Waals surface area contributed by atoms with Crippen molar-refractivity contribution in [3.05, 3.63) is 24.3 Å². The van der Waals surface area contributed by atoms with Gasteiger partial charge in [0.05, 0.1) is 12.8 Å². The van der Waals surface area contributed by atoms with Crippen LogP contribution in [0.4, 0.5) is 10.5 Å². The van der Waals surface area contributed by atoms with Gasteiger partial charge in [0.15, 0.2) is 0 Å². The summed E-state index contributed by atoms with van der Waals surface area (Å²) in [7, 11) is 1.57. The van der Waals surface area contributed by atoms with E-state index in [1.54, 1.807) is 19.2 Å². The second-order valence-electron chi connectivity index (χ2n) is 4.86. The van der Waals surface area contributed by atoms with Crippen molar-refractivity contribution in [3.63, 3.8) is 0 Å². The number of anilines is 1. The second kappa shape index (κ2) is 7.75. The number of piperidine rings is 1. The molecule has 110 valence electrons. The van der Waals surface area contributed by atoms with Crippen LogP contribution in [0.15, 0.2) is 24.3 Å². The number of para-hydroxylation sites is 2. The maximum Gasteiger partial charge on any atom is 0.411 e. The highest BCUT2D eigenvalue weighted by Gasteiger charge is 2.11. The smallest absolute Gasteiger partial charge is 0.411 e. The lowest BCUT2D eigenvalue weighted by Gasteiger charge is -2.25. The monoisotopic (exact) mass is 278 g/mol. The standard InChI is InChI=1S/C15H22N2O3/c1-19-14-8-4-3-7-13(14)16-15(18)20-12-11-17-9-5-2-6-10-17/h3-4,7-8H,2,5-6,9-12H2,1H3,(H,16,18). The number of carbonyl (C=O) groups is 1.